The Labute approximate surface area is 107 Å². The van der Waals surface area contributed by atoms with E-state index in [9.17, 15) is 0 Å². The molecule has 0 aliphatic heterocycles. The molecular weight excluding hydrogens is 266 g/mol. The Balaban J connectivity index is 2.46. The predicted molar refractivity (Wildman–Crippen MR) is 71.6 cm³/mol. The van der Waals surface area contributed by atoms with Crippen molar-refractivity contribution < 1.29 is 4.74 Å². The molecule has 1 aromatic rings. The number of ether oxygens (including phenoxy) is 1. The molecule has 0 aromatic heterocycles. The summed E-state index contributed by atoms with van der Waals surface area (Å²) in [4.78, 5) is 2.38. The van der Waals surface area contributed by atoms with Gasteiger partial charge in [-0.3, -0.25) is 4.90 Å². The van der Waals surface area contributed by atoms with Gasteiger partial charge in [0, 0.05) is 24.2 Å². The van der Waals surface area contributed by atoms with E-state index in [4.69, 9.17) is 4.74 Å². The maximum absolute atomic E-state index is 5.38. The second-order valence-corrected chi connectivity index (χ2v) is 4.51. The number of hydrogen-bond donors (Lipinski definition) is 0. The molecule has 0 fully saturated rings. The molecule has 0 aliphatic rings. The number of rotatable bonds is 7. The molecular formula is C13H20BrNO. The second kappa shape index (κ2) is 7.82. The van der Waals surface area contributed by atoms with Gasteiger partial charge in [0.2, 0.25) is 0 Å². The fraction of sp³-hybridized carbons (Fsp3) is 0.538. The average molecular weight is 286 g/mol. The third-order valence-electron chi connectivity index (χ3n) is 2.55. The molecule has 0 atom stereocenters. The first-order chi connectivity index (χ1) is 7.77. The Kier molecular flexibility index (Phi) is 6.69. The van der Waals surface area contributed by atoms with E-state index in [2.05, 4.69) is 46.0 Å². The largest absolute Gasteiger partial charge is 0.380 e. The van der Waals surface area contributed by atoms with Crippen molar-refractivity contribution in [3.8, 4) is 0 Å². The summed E-state index contributed by atoms with van der Waals surface area (Å²) in [5.41, 5.74) is 1.33. The van der Waals surface area contributed by atoms with Gasteiger partial charge in [-0.05, 0) is 25.1 Å². The topological polar surface area (TPSA) is 12.5 Å². The van der Waals surface area contributed by atoms with Crippen LogP contribution in [0.15, 0.2) is 28.7 Å². The monoisotopic (exact) mass is 285 g/mol. The van der Waals surface area contributed by atoms with E-state index in [1.165, 1.54) is 10.0 Å². The van der Waals surface area contributed by atoms with E-state index in [1.54, 1.807) is 0 Å². The molecule has 0 bridgehead atoms. The lowest BCUT2D eigenvalue weighted by Gasteiger charge is -2.20. The molecule has 0 unspecified atom stereocenters. The normalized spacial score (nSPS) is 11.0. The highest BCUT2D eigenvalue weighted by atomic mass is 79.9. The Morgan fingerprint density at radius 1 is 1.25 bits per heavy atom. The first kappa shape index (κ1) is 13.7. The predicted octanol–water partition coefficient (Wildman–Crippen LogP) is 3.31. The highest BCUT2D eigenvalue weighted by molar-refractivity contribution is 9.10. The molecule has 0 aliphatic carbocycles. The molecule has 0 amide bonds. The van der Waals surface area contributed by atoms with E-state index >= 15 is 0 Å². The zero-order valence-electron chi connectivity index (χ0n) is 10.1. The summed E-state index contributed by atoms with van der Waals surface area (Å²) in [5, 5.41) is 0. The van der Waals surface area contributed by atoms with E-state index in [-0.39, 0.29) is 0 Å². The summed E-state index contributed by atoms with van der Waals surface area (Å²) >= 11 is 3.58. The van der Waals surface area contributed by atoms with E-state index < -0.39 is 0 Å². The lowest BCUT2D eigenvalue weighted by atomic mass is 10.2. The van der Waals surface area contributed by atoms with Crippen molar-refractivity contribution in [1.29, 1.82) is 0 Å². The van der Waals surface area contributed by atoms with E-state index in [1.807, 2.05) is 13.0 Å². The van der Waals surface area contributed by atoms with E-state index in [0.29, 0.717) is 0 Å². The number of likely N-dealkylation sites (N-methyl/N-ethyl adjacent to an activating group) is 1. The van der Waals surface area contributed by atoms with Gasteiger partial charge in [0.25, 0.3) is 0 Å². The first-order valence-corrected chi connectivity index (χ1v) is 6.60. The first-order valence-electron chi connectivity index (χ1n) is 5.81. The quantitative estimate of drug-likeness (QED) is 0.713. The second-order valence-electron chi connectivity index (χ2n) is 3.66. The highest BCUT2D eigenvalue weighted by Gasteiger charge is 2.05. The minimum atomic E-state index is 0.798. The lowest BCUT2D eigenvalue weighted by molar-refractivity contribution is 0.113. The molecule has 0 heterocycles. The van der Waals surface area contributed by atoms with Crippen LogP contribution in [0, 0.1) is 0 Å². The molecule has 0 saturated heterocycles. The van der Waals surface area contributed by atoms with Crippen LogP contribution in [0.3, 0.4) is 0 Å². The molecule has 2 nitrogen and oxygen atoms in total. The van der Waals surface area contributed by atoms with Crippen molar-refractivity contribution in [3.05, 3.63) is 34.3 Å². The lowest BCUT2D eigenvalue weighted by Crippen LogP contribution is -2.27. The van der Waals surface area contributed by atoms with Crippen LogP contribution in [0.4, 0.5) is 0 Å². The fourth-order valence-corrected chi connectivity index (χ4v) is 1.96. The SMILES string of the molecule is CCOCCN(CC)Cc1ccccc1Br. The maximum Gasteiger partial charge on any atom is 0.0593 e. The zero-order valence-corrected chi connectivity index (χ0v) is 11.7. The summed E-state index contributed by atoms with van der Waals surface area (Å²) in [6, 6.07) is 8.37. The van der Waals surface area contributed by atoms with Crippen LogP contribution in [-0.4, -0.2) is 31.2 Å². The molecule has 0 saturated carbocycles. The summed E-state index contributed by atoms with van der Waals surface area (Å²) in [5.74, 6) is 0. The van der Waals surface area contributed by atoms with Crippen molar-refractivity contribution >= 4 is 15.9 Å². The van der Waals surface area contributed by atoms with Gasteiger partial charge in [0.15, 0.2) is 0 Å². The van der Waals surface area contributed by atoms with Crippen LogP contribution >= 0.6 is 15.9 Å². The number of nitrogens with zero attached hydrogens (tertiary/aromatic N) is 1. The minimum Gasteiger partial charge on any atom is -0.380 e. The zero-order chi connectivity index (χ0) is 11.8. The van der Waals surface area contributed by atoms with Crippen molar-refractivity contribution in [1.82, 2.24) is 4.90 Å². The molecule has 0 spiro atoms. The van der Waals surface area contributed by atoms with Crippen LogP contribution in [0.2, 0.25) is 0 Å². The third kappa shape index (κ3) is 4.64. The number of hydrogen-bond acceptors (Lipinski definition) is 2. The van der Waals surface area contributed by atoms with Gasteiger partial charge >= 0.3 is 0 Å². The summed E-state index contributed by atoms with van der Waals surface area (Å²) < 4.78 is 6.57. The standard InChI is InChI=1S/C13H20BrNO/c1-3-15(9-10-16-4-2)11-12-7-5-6-8-13(12)14/h5-8H,3-4,9-11H2,1-2H3. The van der Waals surface area contributed by atoms with Gasteiger partial charge in [-0.25, -0.2) is 0 Å². The van der Waals surface area contributed by atoms with Gasteiger partial charge in [-0.1, -0.05) is 41.1 Å². The highest BCUT2D eigenvalue weighted by Crippen LogP contribution is 2.17. The van der Waals surface area contributed by atoms with Crippen molar-refractivity contribution in [3.63, 3.8) is 0 Å². The van der Waals surface area contributed by atoms with Crippen LogP contribution in [0.5, 0.6) is 0 Å². The van der Waals surface area contributed by atoms with Gasteiger partial charge < -0.3 is 4.74 Å². The minimum absolute atomic E-state index is 0.798. The third-order valence-corrected chi connectivity index (χ3v) is 3.33. The van der Waals surface area contributed by atoms with Crippen LogP contribution in [0.25, 0.3) is 0 Å². The maximum atomic E-state index is 5.38. The Bertz CT molecular complexity index is 304. The molecule has 90 valence electrons. The van der Waals surface area contributed by atoms with Crippen molar-refractivity contribution in [2.45, 2.75) is 20.4 Å². The van der Waals surface area contributed by atoms with Crippen LogP contribution in [0.1, 0.15) is 19.4 Å². The summed E-state index contributed by atoms with van der Waals surface area (Å²) in [6.45, 7) is 8.85. The molecule has 0 radical (unpaired) electrons. The van der Waals surface area contributed by atoms with Crippen LogP contribution in [-0.2, 0) is 11.3 Å². The number of halogens is 1. The Hall–Kier alpha value is -0.380. The Morgan fingerprint density at radius 3 is 2.62 bits per heavy atom. The smallest absolute Gasteiger partial charge is 0.0593 e. The Morgan fingerprint density at radius 2 is 2.00 bits per heavy atom. The number of benzene rings is 1. The molecule has 16 heavy (non-hydrogen) atoms. The fourth-order valence-electron chi connectivity index (χ4n) is 1.55. The summed E-state index contributed by atoms with van der Waals surface area (Å²) in [6.07, 6.45) is 0. The van der Waals surface area contributed by atoms with Gasteiger partial charge in [-0.15, -0.1) is 0 Å². The van der Waals surface area contributed by atoms with Gasteiger partial charge in [0.1, 0.15) is 0 Å². The van der Waals surface area contributed by atoms with Crippen molar-refractivity contribution in [2.24, 2.45) is 0 Å². The molecule has 1 aromatic carbocycles. The molecule has 0 N–H and O–H groups in total. The molecule has 3 heteroatoms. The summed E-state index contributed by atoms with van der Waals surface area (Å²) in [7, 11) is 0. The van der Waals surface area contributed by atoms with E-state index in [0.717, 1.165) is 32.8 Å². The van der Waals surface area contributed by atoms with Gasteiger partial charge in [0.05, 0.1) is 6.61 Å². The molecule has 1 rings (SSSR count). The average Bonchev–Trinajstić information content (AvgIpc) is 2.30. The van der Waals surface area contributed by atoms with Crippen LogP contribution < -0.4 is 0 Å². The van der Waals surface area contributed by atoms with Gasteiger partial charge in [-0.2, -0.15) is 0 Å². The van der Waals surface area contributed by atoms with Crippen molar-refractivity contribution in [2.75, 3.05) is 26.3 Å².